The maximum Gasteiger partial charge on any atom is 0.328 e. The van der Waals surface area contributed by atoms with Crippen LogP contribution in [-0.4, -0.2) is 34.2 Å². The van der Waals surface area contributed by atoms with E-state index in [9.17, 15) is 19.1 Å². The molecule has 0 spiro atoms. The van der Waals surface area contributed by atoms with Gasteiger partial charge >= 0.3 is 5.97 Å². The van der Waals surface area contributed by atoms with Gasteiger partial charge in [-0.3, -0.25) is 4.79 Å². The van der Waals surface area contributed by atoms with Crippen LogP contribution in [0.2, 0.25) is 5.02 Å². The lowest BCUT2D eigenvalue weighted by atomic mass is 10.1. The lowest BCUT2D eigenvalue weighted by Gasteiger charge is -2.15. The Kier molecular flexibility index (Phi) is 5.66. The first kappa shape index (κ1) is 16.1. The van der Waals surface area contributed by atoms with Gasteiger partial charge in [-0.05, 0) is 25.1 Å². The molecule has 1 rings (SSSR count). The van der Waals surface area contributed by atoms with Crippen molar-refractivity contribution in [2.24, 2.45) is 0 Å². The van der Waals surface area contributed by atoms with E-state index in [0.29, 0.717) is 0 Å². The summed E-state index contributed by atoms with van der Waals surface area (Å²) in [5.41, 5.74) is 0.0215. The number of hydrogen-bond donors (Lipinski definition) is 3. The average molecular weight is 302 g/mol. The predicted molar refractivity (Wildman–Crippen MR) is 71.7 cm³/mol. The maximum absolute atomic E-state index is 13.4. The molecule has 0 heterocycles. The molecule has 0 aliphatic carbocycles. The lowest BCUT2D eigenvalue weighted by molar-refractivity contribution is -0.144. The number of benzene rings is 1. The molecule has 0 aliphatic rings. The van der Waals surface area contributed by atoms with Crippen molar-refractivity contribution in [2.45, 2.75) is 19.1 Å². The molecule has 0 saturated carbocycles. The van der Waals surface area contributed by atoms with E-state index in [4.69, 9.17) is 16.7 Å². The number of aliphatic hydroxyl groups is 1. The normalized spacial score (nSPS) is 14.0. The van der Waals surface area contributed by atoms with E-state index >= 15 is 0 Å². The van der Waals surface area contributed by atoms with Gasteiger partial charge < -0.3 is 15.5 Å². The number of carbonyl (C=O) groups is 2. The number of carbonyl (C=O) groups excluding carboxylic acids is 1. The van der Waals surface area contributed by atoms with Gasteiger partial charge in [0, 0.05) is 11.6 Å². The number of aliphatic carboxylic acids is 1. The van der Waals surface area contributed by atoms with Crippen molar-refractivity contribution in [2.75, 3.05) is 0 Å². The third-order valence-corrected chi connectivity index (χ3v) is 2.78. The summed E-state index contributed by atoms with van der Waals surface area (Å²) in [5.74, 6) is -2.75. The van der Waals surface area contributed by atoms with Gasteiger partial charge in [0.2, 0.25) is 5.91 Å². The van der Waals surface area contributed by atoms with Gasteiger partial charge in [0.1, 0.15) is 5.82 Å². The summed E-state index contributed by atoms with van der Waals surface area (Å²) in [5, 5.41) is 20.2. The van der Waals surface area contributed by atoms with E-state index in [-0.39, 0.29) is 10.6 Å². The zero-order valence-electron chi connectivity index (χ0n) is 10.5. The lowest BCUT2D eigenvalue weighted by Crippen LogP contribution is -2.47. The van der Waals surface area contributed by atoms with Gasteiger partial charge in [-0.25, -0.2) is 9.18 Å². The number of halogens is 2. The number of rotatable bonds is 5. The fraction of sp³-hybridized carbons (Fsp3) is 0.231. The van der Waals surface area contributed by atoms with Crippen LogP contribution in [-0.2, 0) is 9.59 Å². The monoisotopic (exact) mass is 301 g/mol. The number of hydrogen-bond acceptors (Lipinski definition) is 3. The summed E-state index contributed by atoms with van der Waals surface area (Å²) in [7, 11) is 0. The third-order valence-electron chi connectivity index (χ3n) is 2.45. The average Bonchev–Trinajstić information content (AvgIpc) is 2.34. The number of carboxylic acid groups (broad SMARTS) is 1. The van der Waals surface area contributed by atoms with Gasteiger partial charge in [-0.15, -0.1) is 0 Å². The van der Waals surface area contributed by atoms with Crippen LogP contribution in [0.15, 0.2) is 24.3 Å². The van der Waals surface area contributed by atoms with E-state index in [1.807, 2.05) is 0 Å². The number of nitrogens with one attached hydrogen (secondary N) is 1. The highest BCUT2D eigenvalue weighted by Crippen LogP contribution is 2.20. The largest absolute Gasteiger partial charge is 0.480 e. The smallest absolute Gasteiger partial charge is 0.328 e. The summed E-state index contributed by atoms with van der Waals surface area (Å²) < 4.78 is 13.4. The quantitative estimate of drug-likeness (QED) is 0.718. The van der Waals surface area contributed by atoms with Crippen LogP contribution >= 0.6 is 11.6 Å². The highest BCUT2D eigenvalue weighted by atomic mass is 35.5. The van der Waals surface area contributed by atoms with Gasteiger partial charge in [0.15, 0.2) is 6.04 Å². The zero-order chi connectivity index (χ0) is 15.3. The number of carboxylic acids is 1. The van der Waals surface area contributed by atoms with Gasteiger partial charge in [-0.1, -0.05) is 17.7 Å². The molecule has 0 saturated heterocycles. The predicted octanol–water partition coefficient (Wildman–Crippen LogP) is 1.44. The Morgan fingerprint density at radius 2 is 2.10 bits per heavy atom. The molecule has 3 N–H and O–H groups in total. The molecule has 0 aromatic heterocycles. The molecule has 20 heavy (non-hydrogen) atoms. The fourth-order valence-corrected chi connectivity index (χ4v) is 1.65. The fourth-order valence-electron chi connectivity index (χ4n) is 1.42. The van der Waals surface area contributed by atoms with E-state index in [2.05, 4.69) is 5.32 Å². The van der Waals surface area contributed by atoms with Crippen molar-refractivity contribution >= 4 is 29.6 Å². The molecular formula is C13H13ClFNO4. The van der Waals surface area contributed by atoms with Crippen molar-refractivity contribution < 1.29 is 24.2 Å². The van der Waals surface area contributed by atoms with Crippen molar-refractivity contribution in [3.63, 3.8) is 0 Å². The van der Waals surface area contributed by atoms with Gasteiger partial charge in [0.05, 0.1) is 11.1 Å². The standard InChI is InChI=1S/C13H13ClFNO4/c1-7(17)12(13(19)20)16-11(18)6-5-8-9(14)3-2-4-10(8)15/h2-7,12,17H,1H3,(H,16,18)(H,19,20)/b6-5+. The highest BCUT2D eigenvalue weighted by Gasteiger charge is 2.23. The van der Waals surface area contributed by atoms with Crippen LogP contribution < -0.4 is 5.32 Å². The second kappa shape index (κ2) is 7.02. The van der Waals surface area contributed by atoms with Crippen LogP contribution in [0.4, 0.5) is 4.39 Å². The van der Waals surface area contributed by atoms with Crippen molar-refractivity contribution in [3.05, 3.63) is 40.7 Å². The molecule has 1 amide bonds. The summed E-state index contributed by atoms with van der Waals surface area (Å²) >= 11 is 5.76. The van der Waals surface area contributed by atoms with Gasteiger partial charge in [-0.2, -0.15) is 0 Å². The summed E-state index contributed by atoms with van der Waals surface area (Å²) in [6.07, 6.45) is 0.818. The summed E-state index contributed by atoms with van der Waals surface area (Å²) in [6, 6.07) is 2.61. The molecule has 108 valence electrons. The van der Waals surface area contributed by atoms with Crippen LogP contribution in [0, 0.1) is 5.82 Å². The minimum atomic E-state index is -1.44. The van der Waals surface area contributed by atoms with Crippen LogP contribution in [0.3, 0.4) is 0 Å². The van der Waals surface area contributed by atoms with E-state index in [0.717, 1.165) is 12.2 Å². The second-order valence-electron chi connectivity index (χ2n) is 4.03. The minimum absolute atomic E-state index is 0.0215. The molecular weight excluding hydrogens is 289 g/mol. The first-order valence-electron chi connectivity index (χ1n) is 5.66. The summed E-state index contributed by atoms with van der Waals surface area (Å²) in [6.45, 7) is 1.23. The Balaban J connectivity index is 2.80. The molecule has 7 heteroatoms. The molecule has 2 atom stereocenters. The van der Waals surface area contributed by atoms with E-state index in [1.54, 1.807) is 0 Å². The first-order chi connectivity index (χ1) is 9.32. The second-order valence-corrected chi connectivity index (χ2v) is 4.44. The zero-order valence-corrected chi connectivity index (χ0v) is 11.3. The Labute approximate surface area is 119 Å². The third kappa shape index (κ3) is 4.32. The Hall–Kier alpha value is -1.92. The molecule has 1 aromatic rings. The Morgan fingerprint density at radius 3 is 2.60 bits per heavy atom. The first-order valence-corrected chi connectivity index (χ1v) is 6.04. The number of aliphatic hydroxyl groups excluding tert-OH is 1. The molecule has 0 radical (unpaired) electrons. The minimum Gasteiger partial charge on any atom is -0.480 e. The molecule has 1 aromatic carbocycles. The SMILES string of the molecule is CC(O)C(NC(=O)/C=C/c1c(F)cccc1Cl)C(=O)O. The van der Waals surface area contributed by atoms with Crippen LogP contribution in [0.5, 0.6) is 0 Å². The Bertz CT molecular complexity index is 525. The number of amides is 1. The molecule has 5 nitrogen and oxygen atoms in total. The van der Waals surface area contributed by atoms with Crippen LogP contribution in [0.1, 0.15) is 12.5 Å². The van der Waals surface area contributed by atoms with E-state index < -0.39 is 29.8 Å². The van der Waals surface area contributed by atoms with Crippen molar-refractivity contribution in [3.8, 4) is 0 Å². The Morgan fingerprint density at radius 1 is 1.45 bits per heavy atom. The molecule has 0 bridgehead atoms. The molecule has 2 unspecified atom stereocenters. The topological polar surface area (TPSA) is 86.6 Å². The molecule has 0 fully saturated rings. The summed E-state index contributed by atoms with van der Waals surface area (Å²) in [4.78, 5) is 22.3. The highest BCUT2D eigenvalue weighted by molar-refractivity contribution is 6.32. The van der Waals surface area contributed by atoms with Gasteiger partial charge in [0.25, 0.3) is 0 Å². The van der Waals surface area contributed by atoms with E-state index in [1.165, 1.54) is 25.1 Å². The maximum atomic E-state index is 13.4. The van der Waals surface area contributed by atoms with Crippen LogP contribution in [0.25, 0.3) is 6.08 Å². The van der Waals surface area contributed by atoms with Crippen molar-refractivity contribution in [1.82, 2.24) is 5.32 Å². The molecule has 0 aliphatic heterocycles. The van der Waals surface area contributed by atoms with Crippen molar-refractivity contribution in [1.29, 1.82) is 0 Å².